The average Bonchev–Trinajstić information content (AvgIpc) is 2.29. The number of halogens is 1. The average molecular weight is 202 g/mol. The number of rotatable bonds is 2. The van der Waals surface area contributed by atoms with Gasteiger partial charge in [0.25, 0.3) is 0 Å². The molecule has 0 aliphatic rings. The maximum atomic E-state index is 12.9. The lowest BCUT2D eigenvalue weighted by Gasteiger charge is -2.02. The van der Waals surface area contributed by atoms with Crippen molar-refractivity contribution in [2.75, 3.05) is 0 Å². The molecule has 2 heterocycles. The molecule has 0 spiro atoms. The molecule has 2 rings (SSSR count). The number of hydrogen-bond acceptors (Lipinski definition) is 2. The van der Waals surface area contributed by atoms with Gasteiger partial charge < -0.3 is 0 Å². The fourth-order valence-electron chi connectivity index (χ4n) is 1.42. The minimum Gasteiger partial charge on any atom is -0.264 e. The van der Waals surface area contributed by atoms with Crippen molar-refractivity contribution in [1.29, 1.82) is 0 Å². The number of nitrogens with zero attached hydrogens (tertiary/aromatic N) is 2. The van der Waals surface area contributed by atoms with Gasteiger partial charge in [-0.05, 0) is 29.7 Å². The molecule has 2 nitrogen and oxygen atoms in total. The summed E-state index contributed by atoms with van der Waals surface area (Å²) in [6, 6.07) is 5.21. The Morgan fingerprint density at radius 2 is 2.07 bits per heavy atom. The van der Waals surface area contributed by atoms with Crippen LogP contribution in [0.1, 0.15) is 12.5 Å². The molecule has 76 valence electrons. The number of aryl methyl sites for hydroxylation is 1. The zero-order valence-electron chi connectivity index (χ0n) is 8.44. The van der Waals surface area contributed by atoms with Crippen molar-refractivity contribution in [2.24, 2.45) is 0 Å². The van der Waals surface area contributed by atoms with Crippen molar-refractivity contribution < 1.29 is 4.39 Å². The first-order valence-corrected chi connectivity index (χ1v) is 4.85. The van der Waals surface area contributed by atoms with Crippen molar-refractivity contribution in [3.63, 3.8) is 0 Å². The Hall–Kier alpha value is -1.77. The van der Waals surface area contributed by atoms with E-state index in [1.54, 1.807) is 12.3 Å². The van der Waals surface area contributed by atoms with E-state index in [1.165, 1.54) is 12.3 Å². The summed E-state index contributed by atoms with van der Waals surface area (Å²) in [6.45, 7) is 2.06. The van der Waals surface area contributed by atoms with E-state index in [2.05, 4.69) is 16.9 Å². The summed E-state index contributed by atoms with van der Waals surface area (Å²) in [5.74, 6) is -0.464. The molecular formula is C12H11FN2. The van der Waals surface area contributed by atoms with Gasteiger partial charge >= 0.3 is 0 Å². The van der Waals surface area contributed by atoms with Crippen molar-refractivity contribution in [2.45, 2.75) is 13.3 Å². The van der Waals surface area contributed by atoms with Gasteiger partial charge in [-0.25, -0.2) is 4.98 Å². The van der Waals surface area contributed by atoms with Crippen LogP contribution in [-0.2, 0) is 6.42 Å². The topological polar surface area (TPSA) is 25.8 Å². The van der Waals surface area contributed by atoms with E-state index < -0.39 is 5.95 Å². The standard InChI is InChI=1S/C12H11FN2/c1-2-9-5-11(8-14-7-9)10-3-4-15-12(13)6-10/h3-8H,2H2,1H3. The number of hydrogen-bond donors (Lipinski definition) is 0. The van der Waals surface area contributed by atoms with Gasteiger partial charge in [0.05, 0.1) is 0 Å². The smallest absolute Gasteiger partial charge is 0.213 e. The molecule has 15 heavy (non-hydrogen) atoms. The van der Waals surface area contributed by atoms with Crippen LogP contribution in [0.4, 0.5) is 4.39 Å². The predicted molar refractivity (Wildman–Crippen MR) is 56.8 cm³/mol. The molecule has 0 N–H and O–H groups in total. The highest BCUT2D eigenvalue weighted by molar-refractivity contribution is 5.62. The second-order valence-electron chi connectivity index (χ2n) is 3.30. The van der Waals surface area contributed by atoms with E-state index in [-0.39, 0.29) is 0 Å². The van der Waals surface area contributed by atoms with E-state index in [0.29, 0.717) is 0 Å². The molecule has 0 aromatic carbocycles. The van der Waals surface area contributed by atoms with Crippen LogP contribution in [0.5, 0.6) is 0 Å². The summed E-state index contributed by atoms with van der Waals surface area (Å²) >= 11 is 0. The minimum absolute atomic E-state index is 0.464. The van der Waals surface area contributed by atoms with Gasteiger partial charge in [-0.1, -0.05) is 6.92 Å². The summed E-state index contributed by atoms with van der Waals surface area (Å²) in [5, 5.41) is 0. The Balaban J connectivity index is 2.44. The highest BCUT2D eigenvalue weighted by Gasteiger charge is 2.00. The molecule has 0 unspecified atom stereocenters. The fraction of sp³-hybridized carbons (Fsp3) is 0.167. The van der Waals surface area contributed by atoms with Gasteiger partial charge in [0.15, 0.2) is 0 Å². The molecule has 0 amide bonds. The third-order valence-corrected chi connectivity index (χ3v) is 2.26. The lowest BCUT2D eigenvalue weighted by molar-refractivity contribution is 0.584. The van der Waals surface area contributed by atoms with Gasteiger partial charge in [0.2, 0.25) is 5.95 Å². The molecule has 0 fully saturated rings. The first-order chi connectivity index (χ1) is 7.29. The van der Waals surface area contributed by atoms with Gasteiger partial charge in [-0.3, -0.25) is 4.98 Å². The highest BCUT2D eigenvalue weighted by atomic mass is 19.1. The molecule has 0 atom stereocenters. The van der Waals surface area contributed by atoms with E-state index in [1.807, 2.05) is 12.3 Å². The zero-order valence-corrected chi connectivity index (χ0v) is 8.44. The normalized spacial score (nSPS) is 10.3. The van der Waals surface area contributed by atoms with Crippen LogP contribution >= 0.6 is 0 Å². The first kappa shape index (κ1) is 9.77. The molecule has 2 aromatic heterocycles. The Labute approximate surface area is 87.8 Å². The quantitative estimate of drug-likeness (QED) is 0.700. The van der Waals surface area contributed by atoms with Crippen LogP contribution in [0.3, 0.4) is 0 Å². The summed E-state index contributed by atoms with van der Waals surface area (Å²) in [6.07, 6.45) is 5.94. The molecule has 2 aromatic rings. The molecule has 3 heteroatoms. The van der Waals surface area contributed by atoms with E-state index in [9.17, 15) is 4.39 Å². The van der Waals surface area contributed by atoms with Crippen LogP contribution < -0.4 is 0 Å². The second kappa shape index (κ2) is 4.17. The van der Waals surface area contributed by atoms with E-state index in [0.717, 1.165) is 23.1 Å². The van der Waals surface area contributed by atoms with Gasteiger partial charge in [-0.2, -0.15) is 4.39 Å². The molecule has 0 radical (unpaired) electrons. The maximum absolute atomic E-state index is 12.9. The second-order valence-corrected chi connectivity index (χ2v) is 3.30. The van der Waals surface area contributed by atoms with E-state index >= 15 is 0 Å². The maximum Gasteiger partial charge on any atom is 0.213 e. The van der Waals surface area contributed by atoms with Crippen LogP contribution in [0.15, 0.2) is 36.8 Å². The summed E-state index contributed by atoms with van der Waals surface area (Å²) in [7, 11) is 0. The largest absolute Gasteiger partial charge is 0.264 e. The Morgan fingerprint density at radius 1 is 1.20 bits per heavy atom. The van der Waals surface area contributed by atoms with Crippen LogP contribution in [0.25, 0.3) is 11.1 Å². The monoisotopic (exact) mass is 202 g/mol. The zero-order chi connectivity index (χ0) is 10.7. The van der Waals surface area contributed by atoms with Gasteiger partial charge in [0.1, 0.15) is 0 Å². The van der Waals surface area contributed by atoms with Crippen molar-refractivity contribution in [1.82, 2.24) is 9.97 Å². The Kier molecular flexibility index (Phi) is 2.72. The molecule has 0 saturated heterocycles. The minimum atomic E-state index is -0.464. The Morgan fingerprint density at radius 3 is 2.80 bits per heavy atom. The summed E-state index contributed by atoms with van der Waals surface area (Å²) in [5.41, 5.74) is 2.88. The van der Waals surface area contributed by atoms with Gasteiger partial charge in [-0.15, -0.1) is 0 Å². The third kappa shape index (κ3) is 2.18. The molecule has 0 bridgehead atoms. The van der Waals surface area contributed by atoms with Crippen molar-refractivity contribution in [3.05, 3.63) is 48.3 Å². The van der Waals surface area contributed by atoms with Crippen molar-refractivity contribution >= 4 is 0 Å². The molecule has 0 aliphatic carbocycles. The molecular weight excluding hydrogens is 191 g/mol. The van der Waals surface area contributed by atoms with Crippen LogP contribution in [-0.4, -0.2) is 9.97 Å². The lowest BCUT2D eigenvalue weighted by atomic mass is 10.1. The van der Waals surface area contributed by atoms with E-state index in [4.69, 9.17) is 0 Å². The van der Waals surface area contributed by atoms with Crippen LogP contribution in [0.2, 0.25) is 0 Å². The summed E-state index contributed by atoms with van der Waals surface area (Å²) < 4.78 is 12.9. The Bertz CT molecular complexity index is 469. The van der Waals surface area contributed by atoms with Crippen molar-refractivity contribution in [3.8, 4) is 11.1 Å². The first-order valence-electron chi connectivity index (χ1n) is 4.85. The third-order valence-electron chi connectivity index (χ3n) is 2.26. The number of pyridine rings is 2. The van der Waals surface area contributed by atoms with Crippen LogP contribution in [0, 0.1) is 5.95 Å². The molecule has 0 saturated carbocycles. The lowest BCUT2D eigenvalue weighted by Crippen LogP contribution is -1.87. The fourth-order valence-corrected chi connectivity index (χ4v) is 1.42. The van der Waals surface area contributed by atoms with Gasteiger partial charge in [0, 0.05) is 30.2 Å². The highest BCUT2D eigenvalue weighted by Crippen LogP contribution is 2.19. The number of aromatic nitrogens is 2. The SMILES string of the molecule is CCc1cncc(-c2ccnc(F)c2)c1. The molecule has 0 aliphatic heterocycles. The predicted octanol–water partition coefficient (Wildman–Crippen LogP) is 2.85. The summed E-state index contributed by atoms with van der Waals surface area (Å²) in [4.78, 5) is 7.64.